The van der Waals surface area contributed by atoms with Crippen molar-refractivity contribution in [2.45, 2.75) is 19.3 Å². The predicted molar refractivity (Wildman–Crippen MR) is 132 cm³/mol. The highest BCUT2D eigenvalue weighted by molar-refractivity contribution is 6.31. The number of carboxylic acid groups (broad SMARTS) is 1. The van der Waals surface area contributed by atoms with Gasteiger partial charge in [0, 0.05) is 29.2 Å². The summed E-state index contributed by atoms with van der Waals surface area (Å²) in [7, 11) is 3.37. The monoisotopic (exact) mass is 461 g/mol. The van der Waals surface area contributed by atoms with E-state index in [1.807, 2.05) is 54.6 Å². The van der Waals surface area contributed by atoms with E-state index in [0.29, 0.717) is 27.8 Å². The van der Waals surface area contributed by atoms with Crippen LogP contribution in [0.5, 0.6) is 5.75 Å². The fraction of sp³-hybridized carbons (Fsp3) is 0.192. The summed E-state index contributed by atoms with van der Waals surface area (Å²) >= 11 is 6.28. The van der Waals surface area contributed by atoms with Crippen LogP contribution in [0.1, 0.15) is 19.4 Å². The van der Waals surface area contributed by atoms with E-state index in [-0.39, 0.29) is 0 Å². The third-order valence-electron chi connectivity index (χ3n) is 5.84. The Balaban J connectivity index is 1.99. The van der Waals surface area contributed by atoms with Crippen LogP contribution in [0.15, 0.2) is 60.8 Å². The van der Waals surface area contributed by atoms with Crippen molar-refractivity contribution in [3.05, 3.63) is 71.4 Å². The molecule has 1 heterocycles. The summed E-state index contributed by atoms with van der Waals surface area (Å²) in [5.41, 5.74) is 3.95. The molecule has 168 valence electrons. The van der Waals surface area contributed by atoms with Gasteiger partial charge >= 0.3 is 5.97 Å². The molecular formula is C26H24ClN3O3. The van der Waals surface area contributed by atoms with Crippen LogP contribution in [0.25, 0.3) is 33.2 Å². The molecule has 6 nitrogen and oxygen atoms in total. The van der Waals surface area contributed by atoms with Gasteiger partial charge in [-0.15, -0.1) is 0 Å². The number of carbonyl (C=O) groups is 1. The van der Waals surface area contributed by atoms with Crippen molar-refractivity contribution in [2.75, 3.05) is 19.5 Å². The summed E-state index contributed by atoms with van der Waals surface area (Å²) in [6, 6.07) is 17.1. The van der Waals surface area contributed by atoms with Gasteiger partial charge < -0.3 is 15.2 Å². The molecule has 1 aromatic heterocycles. The number of anilines is 1. The van der Waals surface area contributed by atoms with Crippen molar-refractivity contribution in [3.8, 4) is 28.0 Å². The minimum Gasteiger partial charge on any atom is -0.494 e. The normalized spacial score (nSPS) is 11.4. The number of hydrogen-bond acceptors (Lipinski definition) is 5. The average molecular weight is 462 g/mol. The Morgan fingerprint density at radius 3 is 2.39 bits per heavy atom. The van der Waals surface area contributed by atoms with Crippen LogP contribution in [-0.4, -0.2) is 35.2 Å². The van der Waals surface area contributed by atoms with Gasteiger partial charge in [-0.3, -0.25) is 4.79 Å². The van der Waals surface area contributed by atoms with E-state index in [9.17, 15) is 9.90 Å². The number of methoxy groups -OCH3 is 1. The molecule has 0 bridgehead atoms. The number of hydrogen-bond donors (Lipinski definition) is 2. The van der Waals surface area contributed by atoms with Gasteiger partial charge in [0.25, 0.3) is 0 Å². The molecule has 0 unspecified atom stereocenters. The number of aliphatic carboxylic acids is 1. The fourth-order valence-electron chi connectivity index (χ4n) is 3.79. The second-order valence-electron chi connectivity index (χ2n) is 8.23. The van der Waals surface area contributed by atoms with Gasteiger partial charge in [-0.05, 0) is 54.3 Å². The molecule has 3 aromatic carbocycles. The average Bonchev–Trinajstić information content (AvgIpc) is 2.82. The zero-order valence-electron chi connectivity index (χ0n) is 18.8. The minimum absolute atomic E-state index is 0.480. The molecule has 0 aliphatic carbocycles. The fourth-order valence-corrected chi connectivity index (χ4v) is 3.98. The number of rotatable bonds is 6. The summed E-state index contributed by atoms with van der Waals surface area (Å²) in [6.07, 6.45) is 1.77. The van der Waals surface area contributed by atoms with Crippen molar-refractivity contribution in [2.24, 2.45) is 0 Å². The van der Waals surface area contributed by atoms with Crippen LogP contribution >= 0.6 is 11.6 Å². The van der Waals surface area contributed by atoms with Crippen LogP contribution < -0.4 is 10.1 Å². The molecule has 0 amide bonds. The molecule has 0 saturated carbocycles. The van der Waals surface area contributed by atoms with Crippen molar-refractivity contribution < 1.29 is 14.6 Å². The third-order valence-corrected chi connectivity index (χ3v) is 6.08. The first-order valence-corrected chi connectivity index (χ1v) is 10.8. The molecule has 2 N–H and O–H groups in total. The number of nitrogens with zero attached hydrogens (tertiary/aromatic N) is 2. The van der Waals surface area contributed by atoms with Crippen molar-refractivity contribution in [1.29, 1.82) is 0 Å². The van der Waals surface area contributed by atoms with Gasteiger partial charge in [0.1, 0.15) is 5.52 Å². The number of fused-ring (bicyclic) bond motifs is 1. The van der Waals surface area contributed by atoms with E-state index in [4.69, 9.17) is 16.3 Å². The summed E-state index contributed by atoms with van der Waals surface area (Å²) in [5.74, 6) is 0.214. The van der Waals surface area contributed by atoms with Gasteiger partial charge in [0.05, 0.1) is 12.5 Å². The van der Waals surface area contributed by atoms with Crippen molar-refractivity contribution in [3.63, 3.8) is 0 Å². The van der Waals surface area contributed by atoms with Crippen molar-refractivity contribution >= 4 is 34.4 Å². The Labute approximate surface area is 197 Å². The second-order valence-corrected chi connectivity index (χ2v) is 8.67. The highest BCUT2D eigenvalue weighted by atomic mass is 35.5. The molecular weight excluding hydrogens is 438 g/mol. The lowest BCUT2D eigenvalue weighted by molar-refractivity contribution is -0.142. The van der Waals surface area contributed by atoms with E-state index < -0.39 is 11.4 Å². The number of carboxylic acids is 1. The SMILES string of the molecule is CNc1ncc2c(-c3cccc(Cl)c3)cc(-c3ccc(C(C)(C)C(=O)O)cc3)c(OC)c2n1. The molecule has 4 aromatic rings. The topological polar surface area (TPSA) is 84.3 Å². The number of ether oxygens (including phenoxy) is 1. The Morgan fingerprint density at radius 2 is 1.79 bits per heavy atom. The van der Waals surface area contributed by atoms with E-state index in [1.54, 1.807) is 34.2 Å². The summed E-state index contributed by atoms with van der Waals surface area (Å²) in [6.45, 7) is 3.38. The molecule has 0 fully saturated rings. The van der Waals surface area contributed by atoms with Crippen LogP contribution in [0.4, 0.5) is 5.95 Å². The predicted octanol–water partition coefficient (Wildman–Crippen LogP) is 6.03. The number of benzene rings is 3. The molecule has 33 heavy (non-hydrogen) atoms. The summed E-state index contributed by atoms with van der Waals surface area (Å²) < 4.78 is 5.82. The van der Waals surface area contributed by atoms with E-state index in [1.165, 1.54) is 0 Å². The lowest BCUT2D eigenvalue weighted by Gasteiger charge is -2.20. The second kappa shape index (κ2) is 8.71. The van der Waals surface area contributed by atoms with E-state index in [0.717, 1.165) is 27.6 Å². The molecule has 0 radical (unpaired) electrons. The molecule has 4 rings (SSSR count). The summed E-state index contributed by atoms with van der Waals surface area (Å²) in [4.78, 5) is 20.7. The number of nitrogens with one attached hydrogen (secondary N) is 1. The van der Waals surface area contributed by atoms with Crippen molar-refractivity contribution in [1.82, 2.24) is 9.97 Å². The van der Waals surface area contributed by atoms with Crippen LogP contribution in [0, 0.1) is 0 Å². The standard InChI is InChI=1S/C26H24ClN3O3/c1-26(2,24(31)32)17-10-8-15(9-11-17)20-13-19(16-6-5-7-18(27)12-16)21-14-29-25(28-3)30-22(21)23(20)33-4/h5-14H,1-4H3,(H,31,32)(H,28,29,30). The molecule has 7 heteroatoms. The maximum absolute atomic E-state index is 11.7. The Bertz CT molecular complexity index is 1350. The number of aromatic nitrogens is 2. The van der Waals surface area contributed by atoms with Gasteiger partial charge in [0.15, 0.2) is 5.75 Å². The largest absolute Gasteiger partial charge is 0.494 e. The first-order valence-electron chi connectivity index (χ1n) is 10.4. The maximum atomic E-state index is 11.7. The van der Waals surface area contributed by atoms with E-state index >= 15 is 0 Å². The van der Waals surface area contributed by atoms with Gasteiger partial charge in [-0.25, -0.2) is 9.97 Å². The molecule has 0 aliphatic heterocycles. The molecule has 0 atom stereocenters. The van der Waals surface area contributed by atoms with Gasteiger partial charge in [0.2, 0.25) is 5.95 Å². The maximum Gasteiger partial charge on any atom is 0.313 e. The third kappa shape index (κ3) is 4.10. The molecule has 0 saturated heterocycles. The smallest absolute Gasteiger partial charge is 0.313 e. The quantitative estimate of drug-likeness (QED) is 0.364. The first kappa shape index (κ1) is 22.6. The van der Waals surface area contributed by atoms with Gasteiger partial charge in [-0.1, -0.05) is 48.0 Å². The Hall–Kier alpha value is -3.64. The lowest BCUT2D eigenvalue weighted by atomic mass is 9.84. The zero-order chi connectivity index (χ0) is 23.8. The van der Waals surface area contributed by atoms with Crippen LogP contribution in [0.2, 0.25) is 5.02 Å². The molecule has 0 aliphatic rings. The Kier molecular flexibility index (Phi) is 5.95. The van der Waals surface area contributed by atoms with Crippen LogP contribution in [-0.2, 0) is 10.2 Å². The zero-order valence-corrected chi connectivity index (χ0v) is 19.6. The lowest BCUT2D eigenvalue weighted by Crippen LogP contribution is -2.28. The Morgan fingerprint density at radius 1 is 1.06 bits per heavy atom. The number of halogens is 1. The van der Waals surface area contributed by atoms with Gasteiger partial charge in [-0.2, -0.15) is 0 Å². The van der Waals surface area contributed by atoms with E-state index in [2.05, 4.69) is 15.3 Å². The highest BCUT2D eigenvalue weighted by Crippen LogP contribution is 2.42. The molecule has 0 spiro atoms. The first-order chi connectivity index (χ1) is 15.8. The minimum atomic E-state index is -0.993. The summed E-state index contributed by atoms with van der Waals surface area (Å²) in [5, 5.41) is 14.0. The van der Waals surface area contributed by atoms with Crippen LogP contribution in [0.3, 0.4) is 0 Å². The highest BCUT2D eigenvalue weighted by Gasteiger charge is 2.29.